The summed E-state index contributed by atoms with van der Waals surface area (Å²) in [5, 5.41) is 1.08. The molecule has 0 saturated carbocycles. The SMILES string of the molecule is O=C1S/C(=C\c2cc(Br)c(OCc3ccc(Cl)cc3)c(Br)c2)C(=O)N1Cc1c(Cl)cccc1Cl. The van der Waals surface area contributed by atoms with Gasteiger partial charge in [0.25, 0.3) is 11.1 Å². The van der Waals surface area contributed by atoms with Gasteiger partial charge in [-0.3, -0.25) is 14.5 Å². The number of hydrogen-bond donors (Lipinski definition) is 0. The summed E-state index contributed by atoms with van der Waals surface area (Å²) in [5.74, 6) is 0.217. The zero-order valence-electron chi connectivity index (χ0n) is 17.2. The lowest BCUT2D eigenvalue weighted by Crippen LogP contribution is -2.27. The van der Waals surface area contributed by atoms with Crippen LogP contribution in [0.25, 0.3) is 6.08 Å². The van der Waals surface area contributed by atoms with Crippen molar-refractivity contribution in [2.24, 2.45) is 0 Å². The van der Waals surface area contributed by atoms with E-state index in [2.05, 4.69) is 31.9 Å². The largest absolute Gasteiger partial charge is 0.487 e. The standard InChI is InChI=1S/C24H14Br2Cl3NO3S/c25-17-8-14(9-18(26)22(17)33-12-13-4-6-15(27)7-5-13)10-21-23(31)30(24(32)34-21)11-16-19(28)2-1-3-20(16)29/h1-10H,11-12H2/b21-10-. The van der Waals surface area contributed by atoms with Gasteiger partial charge in [-0.05, 0) is 97.2 Å². The van der Waals surface area contributed by atoms with Crippen LogP contribution >= 0.6 is 78.4 Å². The van der Waals surface area contributed by atoms with Crippen LogP contribution in [0.1, 0.15) is 16.7 Å². The first-order valence-corrected chi connectivity index (χ1v) is 13.3. The molecule has 0 bridgehead atoms. The first kappa shape index (κ1) is 25.6. The maximum Gasteiger partial charge on any atom is 0.293 e. The number of carbonyl (C=O) groups is 2. The molecule has 10 heteroatoms. The van der Waals surface area contributed by atoms with Gasteiger partial charge in [-0.15, -0.1) is 0 Å². The third-order valence-corrected chi connectivity index (χ3v) is 7.91. The van der Waals surface area contributed by atoms with E-state index >= 15 is 0 Å². The summed E-state index contributed by atoms with van der Waals surface area (Å²) < 4.78 is 7.34. The minimum absolute atomic E-state index is 0.00534. The van der Waals surface area contributed by atoms with Crippen LogP contribution in [0.3, 0.4) is 0 Å². The van der Waals surface area contributed by atoms with Crippen molar-refractivity contribution in [1.29, 1.82) is 0 Å². The highest BCUT2D eigenvalue weighted by molar-refractivity contribution is 9.11. The number of imide groups is 1. The Morgan fingerprint density at radius 2 is 1.56 bits per heavy atom. The number of halogens is 5. The third-order valence-electron chi connectivity index (χ3n) is 4.87. The van der Waals surface area contributed by atoms with Crippen molar-refractivity contribution in [3.05, 3.63) is 100 Å². The Morgan fingerprint density at radius 1 is 0.941 bits per heavy atom. The highest BCUT2D eigenvalue weighted by atomic mass is 79.9. The summed E-state index contributed by atoms with van der Waals surface area (Å²) in [7, 11) is 0. The molecule has 4 rings (SSSR count). The smallest absolute Gasteiger partial charge is 0.293 e. The van der Waals surface area contributed by atoms with E-state index in [0.717, 1.165) is 27.8 Å². The van der Waals surface area contributed by atoms with Crippen molar-refractivity contribution in [2.75, 3.05) is 0 Å². The van der Waals surface area contributed by atoms with Crippen molar-refractivity contribution >= 4 is 95.6 Å². The Balaban J connectivity index is 1.51. The summed E-state index contributed by atoms with van der Waals surface area (Å²) in [6.07, 6.45) is 1.66. The molecule has 0 unspecified atom stereocenters. The van der Waals surface area contributed by atoms with Gasteiger partial charge in [0.1, 0.15) is 12.4 Å². The molecule has 0 spiro atoms. The second-order valence-corrected chi connectivity index (χ2v) is 11.1. The van der Waals surface area contributed by atoms with E-state index in [4.69, 9.17) is 39.5 Å². The maximum absolute atomic E-state index is 12.9. The van der Waals surface area contributed by atoms with Gasteiger partial charge in [-0.25, -0.2) is 0 Å². The van der Waals surface area contributed by atoms with E-state index in [0.29, 0.717) is 46.8 Å². The Kier molecular flexibility index (Phi) is 8.33. The molecular formula is C24H14Br2Cl3NO3S. The fourth-order valence-electron chi connectivity index (χ4n) is 3.17. The zero-order valence-corrected chi connectivity index (χ0v) is 23.4. The molecule has 0 aliphatic carbocycles. The van der Waals surface area contributed by atoms with Crippen LogP contribution in [-0.4, -0.2) is 16.0 Å². The molecule has 0 N–H and O–H groups in total. The topological polar surface area (TPSA) is 46.6 Å². The van der Waals surface area contributed by atoms with Gasteiger partial charge in [0, 0.05) is 20.6 Å². The Bertz CT molecular complexity index is 1270. The van der Waals surface area contributed by atoms with Crippen LogP contribution in [0.2, 0.25) is 15.1 Å². The Morgan fingerprint density at radius 3 is 2.18 bits per heavy atom. The van der Waals surface area contributed by atoms with E-state index in [-0.39, 0.29) is 11.8 Å². The average Bonchev–Trinajstić information content (AvgIpc) is 3.04. The summed E-state index contributed by atoms with van der Waals surface area (Å²) >= 11 is 26.3. The van der Waals surface area contributed by atoms with Gasteiger partial charge in [0.15, 0.2) is 0 Å². The van der Waals surface area contributed by atoms with Crippen molar-refractivity contribution in [3.8, 4) is 5.75 Å². The normalized spacial score (nSPS) is 14.9. The van der Waals surface area contributed by atoms with E-state index in [1.165, 1.54) is 0 Å². The lowest BCUT2D eigenvalue weighted by molar-refractivity contribution is -0.123. The Hall–Kier alpha value is -1.48. The molecule has 34 heavy (non-hydrogen) atoms. The molecule has 3 aromatic carbocycles. The monoisotopic (exact) mass is 659 g/mol. The van der Waals surface area contributed by atoms with E-state index in [1.807, 2.05) is 24.3 Å². The quantitative estimate of drug-likeness (QED) is 0.247. The number of nitrogens with zero attached hydrogens (tertiary/aromatic N) is 1. The van der Waals surface area contributed by atoms with Crippen molar-refractivity contribution in [1.82, 2.24) is 4.90 Å². The lowest BCUT2D eigenvalue weighted by Gasteiger charge is -2.14. The van der Waals surface area contributed by atoms with Crippen molar-refractivity contribution in [3.63, 3.8) is 0 Å². The molecule has 2 amide bonds. The molecule has 174 valence electrons. The number of carbonyl (C=O) groups excluding carboxylic acids is 2. The number of benzene rings is 3. The molecule has 1 fully saturated rings. The average molecular weight is 663 g/mol. The fraction of sp³-hybridized carbons (Fsp3) is 0.0833. The van der Waals surface area contributed by atoms with Gasteiger partial charge >= 0.3 is 0 Å². The van der Waals surface area contributed by atoms with Crippen LogP contribution < -0.4 is 4.74 Å². The van der Waals surface area contributed by atoms with Crippen LogP contribution in [0.15, 0.2) is 68.4 Å². The van der Waals surface area contributed by atoms with Gasteiger partial charge in [-0.1, -0.05) is 53.0 Å². The summed E-state index contributed by atoms with van der Waals surface area (Å²) in [5.41, 5.74) is 2.22. The maximum atomic E-state index is 12.9. The van der Waals surface area contributed by atoms with Crippen LogP contribution in [-0.2, 0) is 17.9 Å². The van der Waals surface area contributed by atoms with Crippen LogP contribution in [0.5, 0.6) is 5.75 Å². The molecule has 4 nitrogen and oxygen atoms in total. The summed E-state index contributed by atoms with van der Waals surface area (Å²) in [4.78, 5) is 26.9. The highest BCUT2D eigenvalue weighted by Gasteiger charge is 2.35. The van der Waals surface area contributed by atoms with Gasteiger partial charge in [-0.2, -0.15) is 0 Å². The van der Waals surface area contributed by atoms with E-state index < -0.39 is 5.91 Å². The van der Waals surface area contributed by atoms with Gasteiger partial charge in [0.05, 0.1) is 20.4 Å². The highest BCUT2D eigenvalue weighted by Crippen LogP contribution is 2.39. The number of ether oxygens (including phenoxy) is 1. The second-order valence-electron chi connectivity index (χ2n) is 7.20. The van der Waals surface area contributed by atoms with Crippen molar-refractivity contribution < 1.29 is 14.3 Å². The molecular weight excluding hydrogens is 649 g/mol. The number of thioether (sulfide) groups is 1. The van der Waals surface area contributed by atoms with Crippen molar-refractivity contribution in [2.45, 2.75) is 13.2 Å². The van der Waals surface area contributed by atoms with E-state index in [1.54, 1.807) is 36.4 Å². The second kappa shape index (κ2) is 11.1. The molecule has 0 radical (unpaired) electrons. The fourth-order valence-corrected chi connectivity index (χ4v) is 6.10. The summed E-state index contributed by atoms with van der Waals surface area (Å²) in [6.45, 7) is 0.364. The Labute approximate surface area is 232 Å². The molecule has 1 heterocycles. The minimum atomic E-state index is -0.402. The van der Waals surface area contributed by atoms with E-state index in [9.17, 15) is 9.59 Å². The van der Waals surface area contributed by atoms with Gasteiger partial charge in [0.2, 0.25) is 0 Å². The number of amides is 2. The first-order valence-electron chi connectivity index (χ1n) is 9.77. The molecule has 0 aromatic heterocycles. The van der Waals surface area contributed by atoms with Gasteiger partial charge < -0.3 is 4.74 Å². The third kappa shape index (κ3) is 5.83. The van der Waals surface area contributed by atoms with Crippen LogP contribution in [0, 0.1) is 0 Å². The number of hydrogen-bond acceptors (Lipinski definition) is 4. The molecule has 1 aliphatic heterocycles. The molecule has 3 aromatic rings. The first-order chi connectivity index (χ1) is 16.2. The zero-order chi connectivity index (χ0) is 24.4. The summed E-state index contributed by atoms with van der Waals surface area (Å²) in [6, 6.07) is 16.1. The molecule has 1 aliphatic rings. The predicted molar refractivity (Wildman–Crippen MR) is 146 cm³/mol. The molecule has 1 saturated heterocycles. The van der Waals surface area contributed by atoms with Crippen LogP contribution in [0.4, 0.5) is 4.79 Å². The predicted octanol–water partition coefficient (Wildman–Crippen LogP) is 8.99. The lowest BCUT2D eigenvalue weighted by atomic mass is 10.2. The number of rotatable bonds is 6. The molecule has 0 atom stereocenters. The minimum Gasteiger partial charge on any atom is -0.487 e.